The van der Waals surface area contributed by atoms with Gasteiger partial charge in [0, 0.05) is 43.1 Å². The van der Waals surface area contributed by atoms with Gasteiger partial charge >= 0.3 is 0 Å². The van der Waals surface area contributed by atoms with E-state index in [1.54, 1.807) is 12.3 Å². The lowest BCUT2D eigenvalue weighted by molar-refractivity contribution is 0.564. The van der Waals surface area contributed by atoms with Gasteiger partial charge in [-0.1, -0.05) is 18.2 Å². The van der Waals surface area contributed by atoms with E-state index in [2.05, 4.69) is 50.4 Å². The number of hydrogen-bond acceptors (Lipinski definition) is 3. The highest BCUT2D eigenvalue weighted by Crippen LogP contribution is 2.44. The van der Waals surface area contributed by atoms with Crippen molar-refractivity contribution >= 4 is 28.7 Å². The van der Waals surface area contributed by atoms with Crippen molar-refractivity contribution in [2.24, 2.45) is 0 Å². The minimum Gasteiger partial charge on any atom is -0.378 e. The fraction of sp³-hybridized carbons (Fsp3) is 0.214. The van der Waals surface area contributed by atoms with Crippen LogP contribution in [0.15, 0.2) is 79.0 Å². The third-order valence-corrected chi connectivity index (χ3v) is 6.94. The summed E-state index contributed by atoms with van der Waals surface area (Å²) in [6.07, 6.45) is 1.80. The zero-order valence-electron chi connectivity index (χ0n) is 20.2. The van der Waals surface area contributed by atoms with Gasteiger partial charge in [-0.25, -0.2) is 4.39 Å². The first kappa shape index (κ1) is 23.1. The summed E-state index contributed by atoms with van der Waals surface area (Å²) in [6, 6.07) is 23.0. The van der Waals surface area contributed by atoms with Crippen LogP contribution in [0.4, 0.5) is 15.8 Å². The third-order valence-electron chi connectivity index (χ3n) is 6.62. The van der Waals surface area contributed by atoms with E-state index in [9.17, 15) is 4.39 Å². The van der Waals surface area contributed by atoms with E-state index >= 15 is 0 Å². The average Bonchev–Trinajstić information content (AvgIpc) is 3.35. The van der Waals surface area contributed by atoms with Crippen molar-refractivity contribution in [2.45, 2.75) is 25.9 Å². The second-order valence-corrected chi connectivity index (χ2v) is 9.41. The summed E-state index contributed by atoms with van der Waals surface area (Å²) in [6.45, 7) is 4.05. The smallest absolute Gasteiger partial charge is 0.174 e. The van der Waals surface area contributed by atoms with Crippen LogP contribution in [0.2, 0.25) is 0 Å². The molecule has 3 heterocycles. The topological polar surface area (TPSA) is 36.3 Å². The molecule has 5 nitrogen and oxygen atoms in total. The molecule has 178 valence electrons. The number of benzene rings is 2. The highest BCUT2D eigenvalue weighted by Gasteiger charge is 2.42. The summed E-state index contributed by atoms with van der Waals surface area (Å²) in [4.78, 5) is 8.87. The quantitative estimate of drug-likeness (QED) is 0.358. The molecule has 0 saturated carbocycles. The van der Waals surface area contributed by atoms with Gasteiger partial charge in [-0.2, -0.15) is 0 Å². The van der Waals surface area contributed by atoms with Crippen molar-refractivity contribution in [1.82, 2.24) is 14.9 Å². The second-order valence-electron chi connectivity index (χ2n) is 9.02. The molecule has 0 spiro atoms. The number of anilines is 2. The molecule has 4 aromatic rings. The second kappa shape index (κ2) is 9.15. The fourth-order valence-electron chi connectivity index (χ4n) is 4.95. The number of nitrogens with zero attached hydrogens (tertiary/aromatic N) is 4. The molecule has 2 atom stereocenters. The van der Waals surface area contributed by atoms with Gasteiger partial charge in [0.05, 0.1) is 23.5 Å². The van der Waals surface area contributed by atoms with Gasteiger partial charge in [0.1, 0.15) is 5.82 Å². The largest absolute Gasteiger partial charge is 0.378 e. The predicted molar refractivity (Wildman–Crippen MR) is 144 cm³/mol. The average molecular weight is 486 g/mol. The molecule has 0 unspecified atom stereocenters. The molecule has 0 amide bonds. The number of rotatable bonds is 5. The maximum Gasteiger partial charge on any atom is 0.174 e. The summed E-state index contributed by atoms with van der Waals surface area (Å²) in [7, 11) is 4.04. The van der Waals surface area contributed by atoms with E-state index in [-0.39, 0.29) is 17.9 Å². The lowest BCUT2D eigenvalue weighted by Crippen LogP contribution is -2.29. The Morgan fingerprint density at radius 3 is 2.34 bits per heavy atom. The number of thiocarbonyl (C=S) groups is 1. The Balaban J connectivity index is 1.67. The van der Waals surface area contributed by atoms with Crippen LogP contribution < -0.4 is 15.1 Å². The number of aryl methyl sites for hydroxylation is 1. The van der Waals surface area contributed by atoms with E-state index in [1.165, 1.54) is 6.07 Å². The van der Waals surface area contributed by atoms with E-state index in [4.69, 9.17) is 12.2 Å². The minimum absolute atomic E-state index is 0.158. The number of aromatic nitrogens is 2. The van der Waals surface area contributed by atoms with Crippen LogP contribution in [0.25, 0.3) is 5.69 Å². The molecule has 0 radical (unpaired) electrons. The van der Waals surface area contributed by atoms with Crippen LogP contribution in [0.1, 0.15) is 34.7 Å². The molecule has 1 saturated heterocycles. The number of para-hydroxylation sites is 1. The van der Waals surface area contributed by atoms with Crippen LogP contribution in [0.3, 0.4) is 0 Å². The zero-order chi connectivity index (χ0) is 24.7. The van der Waals surface area contributed by atoms with Crippen LogP contribution >= 0.6 is 12.2 Å². The first-order chi connectivity index (χ1) is 16.9. The molecular weight excluding hydrogens is 457 g/mol. The Morgan fingerprint density at radius 1 is 0.971 bits per heavy atom. The SMILES string of the molecule is Cc1cc([C@H]2[C@H](c3ccccn3)NC(=S)N2c2ccc(N(C)C)cc2)c(C)n1-c1ccccc1F. The Kier molecular flexibility index (Phi) is 6.03. The summed E-state index contributed by atoms with van der Waals surface area (Å²) in [5.74, 6) is -0.252. The first-order valence-electron chi connectivity index (χ1n) is 11.6. The third kappa shape index (κ3) is 4.06. The van der Waals surface area contributed by atoms with E-state index in [1.807, 2.05) is 62.8 Å². The van der Waals surface area contributed by atoms with Crippen molar-refractivity contribution < 1.29 is 4.39 Å². The van der Waals surface area contributed by atoms with Crippen LogP contribution in [0.5, 0.6) is 0 Å². The van der Waals surface area contributed by atoms with Crippen molar-refractivity contribution in [3.8, 4) is 5.69 Å². The highest BCUT2D eigenvalue weighted by molar-refractivity contribution is 7.80. The predicted octanol–water partition coefficient (Wildman–Crippen LogP) is 5.87. The number of hydrogen-bond donors (Lipinski definition) is 1. The van der Waals surface area contributed by atoms with Gasteiger partial charge in [-0.15, -0.1) is 0 Å². The first-order valence-corrected chi connectivity index (χ1v) is 12.0. The standard InChI is InChI=1S/C28H28FN5S/c1-18-17-22(19(2)33(18)25-11-6-5-9-23(25)29)27-26(24-10-7-8-16-30-24)31-28(35)34(27)21-14-12-20(13-15-21)32(3)4/h5-17,26-27H,1-4H3,(H,31,35)/t26-,27-/m0/s1. The molecule has 5 rings (SSSR count). The Labute approximate surface area is 210 Å². The van der Waals surface area contributed by atoms with Gasteiger partial charge in [-0.05, 0) is 86.2 Å². The van der Waals surface area contributed by atoms with E-state index in [0.29, 0.717) is 10.8 Å². The lowest BCUT2D eigenvalue weighted by atomic mass is 9.96. The van der Waals surface area contributed by atoms with E-state index in [0.717, 1.165) is 34.0 Å². The maximum absolute atomic E-state index is 14.8. The molecule has 0 aliphatic carbocycles. The molecule has 0 bridgehead atoms. The van der Waals surface area contributed by atoms with Gasteiger partial charge < -0.3 is 19.7 Å². The summed E-state index contributed by atoms with van der Waals surface area (Å²) in [5.41, 5.74) is 6.56. The van der Waals surface area contributed by atoms with Gasteiger partial charge in [0.25, 0.3) is 0 Å². The monoisotopic (exact) mass is 485 g/mol. The Bertz CT molecular complexity index is 1360. The molecule has 7 heteroatoms. The number of pyridine rings is 1. The molecule has 1 fully saturated rings. The molecule has 1 N–H and O–H groups in total. The lowest BCUT2D eigenvalue weighted by Gasteiger charge is -2.28. The molecule has 35 heavy (non-hydrogen) atoms. The van der Waals surface area contributed by atoms with Gasteiger partial charge in [-0.3, -0.25) is 4.98 Å². The van der Waals surface area contributed by atoms with Crippen molar-refractivity contribution in [3.05, 3.63) is 107 Å². The van der Waals surface area contributed by atoms with Crippen molar-refractivity contribution in [3.63, 3.8) is 0 Å². The normalized spacial score (nSPS) is 17.5. The number of halogens is 1. The van der Waals surface area contributed by atoms with E-state index < -0.39 is 0 Å². The minimum atomic E-state index is -0.252. The van der Waals surface area contributed by atoms with Crippen molar-refractivity contribution in [1.29, 1.82) is 0 Å². The summed E-state index contributed by atoms with van der Waals surface area (Å²) >= 11 is 5.87. The Hall–Kier alpha value is -3.71. The molecular formula is C28H28FN5S. The molecule has 1 aliphatic heterocycles. The summed E-state index contributed by atoms with van der Waals surface area (Å²) < 4.78 is 16.8. The van der Waals surface area contributed by atoms with Gasteiger partial charge in [0.15, 0.2) is 5.11 Å². The Morgan fingerprint density at radius 2 is 1.69 bits per heavy atom. The summed E-state index contributed by atoms with van der Waals surface area (Å²) in [5, 5.41) is 4.15. The maximum atomic E-state index is 14.8. The molecule has 2 aromatic heterocycles. The van der Waals surface area contributed by atoms with Gasteiger partial charge in [0.2, 0.25) is 0 Å². The highest BCUT2D eigenvalue weighted by atomic mass is 32.1. The molecule has 2 aromatic carbocycles. The zero-order valence-corrected chi connectivity index (χ0v) is 21.1. The van der Waals surface area contributed by atoms with Crippen molar-refractivity contribution in [2.75, 3.05) is 23.9 Å². The van der Waals surface area contributed by atoms with Crippen LogP contribution in [0, 0.1) is 19.7 Å². The van der Waals surface area contributed by atoms with Crippen LogP contribution in [-0.2, 0) is 0 Å². The number of nitrogens with one attached hydrogen (secondary N) is 1. The van der Waals surface area contributed by atoms with Crippen LogP contribution in [-0.4, -0.2) is 28.8 Å². The molecule has 1 aliphatic rings. The fourth-order valence-corrected chi connectivity index (χ4v) is 5.30.